The predicted molar refractivity (Wildman–Crippen MR) is 125 cm³/mol. The Labute approximate surface area is 203 Å². The molecule has 4 rings (SSSR count). The van der Waals surface area contributed by atoms with Gasteiger partial charge in [0.25, 0.3) is 0 Å². The number of nitrogens with zero attached hydrogens (tertiary/aromatic N) is 7. The number of halogens is 1. The van der Waals surface area contributed by atoms with Gasteiger partial charge in [-0.15, -0.1) is 0 Å². The smallest absolute Gasteiger partial charge is 0.227 e. The number of anilines is 1. The summed E-state index contributed by atoms with van der Waals surface area (Å²) in [6, 6.07) is 17.4. The monoisotopic (exact) mass is 486 g/mol. The second-order valence-corrected chi connectivity index (χ2v) is 8.67. The minimum atomic E-state index is -0.258. The fraction of sp³-hybridized carbons (Fsp3) is 0.0870. The number of pyridine rings is 2. The fourth-order valence-electron chi connectivity index (χ4n) is 2.72. The Balaban J connectivity index is 1.54. The summed E-state index contributed by atoms with van der Waals surface area (Å²) in [6.45, 7) is 0.420. The van der Waals surface area contributed by atoms with Crippen molar-refractivity contribution in [2.75, 3.05) is 11.9 Å². The molecule has 3 heterocycles. The molecule has 0 aliphatic heterocycles. The first-order chi connectivity index (χ1) is 16.6. The van der Waals surface area contributed by atoms with Gasteiger partial charge >= 0.3 is 0 Å². The van der Waals surface area contributed by atoms with E-state index in [9.17, 15) is 4.39 Å². The first kappa shape index (κ1) is 23.1. The van der Waals surface area contributed by atoms with Crippen molar-refractivity contribution in [3.63, 3.8) is 0 Å². The molecular weight excluding hydrogens is 471 g/mol. The van der Waals surface area contributed by atoms with Gasteiger partial charge in [-0.3, -0.25) is 0 Å². The molecule has 0 amide bonds. The highest BCUT2D eigenvalue weighted by atomic mass is 32.2. The molecule has 0 bridgehead atoms. The summed E-state index contributed by atoms with van der Waals surface area (Å²) < 4.78 is 13.9. The molecule has 0 atom stereocenters. The lowest BCUT2D eigenvalue weighted by atomic mass is 10.1. The normalized spacial score (nSPS) is 10.3. The lowest BCUT2D eigenvalue weighted by Gasteiger charge is -2.09. The lowest BCUT2D eigenvalue weighted by molar-refractivity contribution is 0.610. The van der Waals surface area contributed by atoms with E-state index in [4.69, 9.17) is 10.5 Å². The second kappa shape index (κ2) is 11.2. The van der Waals surface area contributed by atoms with Crippen molar-refractivity contribution in [3.05, 3.63) is 83.4 Å². The second-order valence-electron chi connectivity index (χ2n) is 6.69. The summed E-state index contributed by atoms with van der Waals surface area (Å²) in [4.78, 5) is 21.9. The van der Waals surface area contributed by atoms with E-state index in [-0.39, 0.29) is 5.82 Å². The maximum absolute atomic E-state index is 13.9. The minimum absolute atomic E-state index is 0.258. The molecule has 0 aliphatic carbocycles. The average molecular weight is 487 g/mol. The number of nitrogens with one attached hydrogen (secondary N) is 1. The van der Waals surface area contributed by atoms with Crippen LogP contribution in [0.2, 0.25) is 0 Å². The Morgan fingerprint density at radius 2 is 1.38 bits per heavy atom. The van der Waals surface area contributed by atoms with Crippen LogP contribution in [0.3, 0.4) is 0 Å². The third-order valence-electron chi connectivity index (χ3n) is 4.35. The van der Waals surface area contributed by atoms with E-state index in [0.717, 1.165) is 0 Å². The molecule has 4 aromatic rings. The van der Waals surface area contributed by atoms with E-state index < -0.39 is 0 Å². The summed E-state index contributed by atoms with van der Waals surface area (Å²) in [5.41, 5.74) is 1.51. The molecule has 0 fully saturated rings. The van der Waals surface area contributed by atoms with E-state index in [1.54, 1.807) is 42.5 Å². The molecule has 1 N–H and O–H groups in total. The molecule has 0 unspecified atom stereocenters. The van der Waals surface area contributed by atoms with Gasteiger partial charge in [0.05, 0.1) is 11.1 Å². The highest BCUT2D eigenvalue weighted by Gasteiger charge is 2.12. The molecule has 0 saturated carbocycles. The topological polar surface area (TPSA) is 124 Å². The number of benzene rings is 1. The molecule has 8 nitrogen and oxygen atoms in total. The van der Waals surface area contributed by atoms with Crippen LogP contribution in [0.25, 0.3) is 0 Å². The zero-order valence-electron chi connectivity index (χ0n) is 17.5. The van der Waals surface area contributed by atoms with Crippen LogP contribution in [0.4, 0.5) is 10.3 Å². The van der Waals surface area contributed by atoms with Crippen LogP contribution in [-0.4, -0.2) is 31.5 Å². The Hall–Kier alpha value is -4.06. The van der Waals surface area contributed by atoms with Crippen molar-refractivity contribution in [2.45, 2.75) is 26.8 Å². The van der Waals surface area contributed by atoms with Crippen LogP contribution in [-0.2, 0) is 6.42 Å². The van der Waals surface area contributed by atoms with Gasteiger partial charge in [-0.2, -0.15) is 25.5 Å². The summed E-state index contributed by atoms with van der Waals surface area (Å²) in [6.07, 6.45) is 3.42. The Morgan fingerprint density at radius 1 is 0.794 bits per heavy atom. The molecule has 1 aromatic carbocycles. The quantitative estimate of drug-likeness (QED) is 0.380. The summed E-state index contributed by atoms with van der Waals surface area (Å²) >= 11 is 2.45. The van der Waals surface area contributed by atoms with E-state index >= 15 is 0 Å². The average Bonchev–Trinajstić information content (AvgIpc) is 2.86. The third kappa shape index (κ3) is 6.25. The number of rotatable bonds is 8. The first-order valence-electron chi connectivity index (χ1n) is 9.94. The van der Waals surface area contributed by atoms with Gasteiger partial charge in [0.1, 0.15) is 28.0 Å². The molecule has 166 valence electrons. The zero-order valence-corrected chi connectivity index (χ0v) is 19.1. The number of hydrogen-bond acceptors (Lipinski definition) is 10. The van der Waals surface area contributed by atoms with Gasteiger partial charge in [-0.05, 0) is 65.8 Å². The number of nitriles is 2. The molecule has 34 heavy (non-hydrogen) atoms. The number of hydrogen-bond donors (Lipinski definition) is 1. The highest BCUT2D eigenvalue weighted by molar-refractivity contribution is 7.99. The van der Waals surface area contributed by atoms with Crippen LogP contribution >= 0.6 is 23.5 Å². The largest absolute Gasteiger partial charge is 0.354 e. The van der Waals surface area contributed by atoms with Gasteiger partial charge in [0.2, 0.25) is 5.95 Å². The standard InChI is InChI=1S/C23H15FN8S2/c24-18-4-2-1-3-17(18)9-10-27-21-30-22(33-19-7-5-15(11-25)13-28-19)32-23(31-21)34-20-8-6-16(12-26)14-29-20/h1-8,13-14H,9-10H2,(H,27,30,31,32). The van der Waals surface area contributed by atoms with E-state index in [0.29, 0.717) is 56.0 Å². The molecule has 3 aromatic heterocycles. The van der Waals surface area contributed by atoms with E-state index in [2.05, 4.69) is 30.2 Å². The van der Waals surface area contributed by atoms with Gasteiger partial charge in [-0.25, -0.2) is 14.4 Å². The van der Waals surface area contributed by atoms with Gasteiger partial charge in [0.15, 0.2) is 10.3 Å². The zero-order chi connectivity index (χ0) is 23.8. The Bertz CT molecular complexity index is 1290. The number of aromatic nitrogens is 5. The molecule has 0 radical (unpaired) electrons. The Morgan fingerprint density at radius 3 is 1.88 bits per heavy atom. The molecule has 0 saturated heterocycles. The van der Waals surface area contributed by atoms with Crippen LogP contribution in [0.5, 0.6) is 0 Å². The third-order valence-corrected chi connectivity index (χ3v) is 5.98. The van der Waals surface area contributed by atoms with Gasteiger partial charge < -0.3 is 5.32 Å². The van der Waals surface area contributed by atoms with Gasteiger partial charge in [-0.1, -0.05) is 18.2 Å². The summed E-state index contributed by atoms with van der Waals surface area (Å²) in [5.74, 6) is 0.0739. The van der Waals surface area contributed by atoms with Crippen LogP contribution in [0, 0.1) is 28.5 Å². The molecular formula is C23H15FN8S2. The van der Waals surface area contributed by atoms with Gasteiger partial charge in [0, 0.05) is 18.9 Å². The van der Waals surface area contributed by atoms with Crippen molar-refractivity contribution in [3.8, 4) is 12.1 Å². The lowest BCUT2D eigenvalue weighted by Crippen LogP contribution is -2.10. The predicted octanol–water partition coefficient (Wildman–Crippen LogP) is 4.50. The van der Waals surface area contributed by atoms with Crippen LogP contribution in [0.1, 0.15) is 16.7 Å². The van der Waals surface area contributed by atoms with Crippen LogP contribution < -0.4 is 5.32 Å². The van der Waals surface area contributed by atoms with Crippen molar-refractivity contribution < 1.29 is 4.39 Å². The summed E-state index contributed by atoms with van der Waals surface area (Å²) in [5, 5.41) is 23.1. The summed E-state index contributed by atoms with van der Waals surface area (Å²) in [7, 11) is 0. The minimum Gasteiger partial charge on any atom is -0.354 e. The van der Waals surface area contributed by atoms with E-state index in [1.165, 1.54) is 42.0 Å². The van der Waals surface area contributed by atoms with E-state index in [1.807, 2.05) is 12.1 Å². The van der Waals surface area contributed by atoms with Crippen LogP contribution in [0.15, 0.2) is 81.3 Å². The van der Waals surface area contributed by atoms with Crippen molar-refractivity contribution in [2.24, 2.45) is 0 Å². The maximum atomic E-state index is 13.9. The Kier molecular flexibility index (Phi) is 7.60. The maximum Gasteiger partial charge on any atom is 0.227 e. The molecule has 0 aliphatic rings. The SMILES string of the molecule is N#Cc1ccc(Sc2nc(NCCc3ccccc3F)nc(Sc3ccc(C#N)cn3)n2)nc1. The van der Waals surface area contributed by atoms with Crippen molar-refractivity contribution in [1.82, 2.24) is 24.9 Å². The fourth-order valence-corrected chi connectivity index (χ4v) is 4.16. The van der Waals surface area contributed by atoms with Crippen molar-refractivity contribution in [1.29, 1.82) is 10.5 Å². The molecule has 11 heteroatoms. The highest BCUT2D eigenvalue weighted by Crippen LogP contribution is 2.28. The molecule has 0 spiro atoms. The first-order valence-corrected chi connectivity index (χ1v) is 11.6. The van der Waals surface area contributed by atoms with Crippen molar-refractivity contribution >= 4 is 29.5 Å².